The van der Waals surface area contributed by atoms with E-state index in [0.29, 0.717) is 41.5 Å². The van der Waals surface area contributed by atoms with Gasteiger partial charge < -0.3 is 24.8 Å². The predicted molar refractivity (Wildman–Crippen MR) is 197 cm³/mol. The Labute approximate surface area is 292 Å². The summed E-state index contributed by atoms with van der Waals surface area (Å²) in [6.07, 6.45) is 13.4. The van der Waals surface area contributed by atoms with E-state index in [0.717, 1.165) is 60.8 Å². The SMILES string of the molecule is CCCCCCCCCCC(O)Oc1ccc(-c2nc(-c3ccc(OCCCCCC)cc3O)nc(-c3c(C)cc(C)cc3C)n2)c(O)c1. The van der Waals surface area contributed by atoms with Crippen molar-refractivity contribution >= 4 is 0 Å². The van der Waals surface area contributed by atoms with Crippen molar-refractivity contribution in [2.75, 3.05) is 6.61 Å². The minimum atomic E-state index is -0.959. The second kappa shape index (κ2) is 19.1. The first-order chi connectivity index (χ1) is 23.7. The Morgan fingerprint density at radius 2 is 1.08 bits per heavy atom. The fraction of sp³-hybridized carbons (Fsp3) is 0.488. The van der Waals surface area contributed by atoms with E-state index in [1.165, 1.54) is 44.6 Å². The number of aliphatic hydroxyl groups is 1. The highest BCUT2D eigenvalue weighted by Gasteiger charge is 2.20. The van der Waals surface area contributed by atoms with Gasteiger partial charge in [-0.3, -0.25) is 0 Å². The van der Waals surface area contributed by atoms with Crippen LogP contribution in [0.5, 0.6) is 23.0 Å². The number of hydrogen-bond donors (Lipinski definition) is 3. The molecule has 4 rings (SSSR count). The summed E-state index contributed by atoms with van der Waals surface area (Å²) in [5.74, 6) is 1.79. The van der Waals surface area contributed by atoms with Crippen LogP contribution < -0.4 is 9.47 Å². The molecule has 0 amide bonds. The maximum absolute atomic E-state index is 11.2. The molecule has 264 valence electrons. The predicted octanol–water partition coefficient (Wildman–Crippen LogP) is 10.4. The lowest BCUT2D eigenvalue weighted by Gasteiger charge is -2.16. The first-order valence-electron chi connectivity index (χ1n) is 18.2. The lowest BCUT2D eigenvalue weighted by molar-refractivity contribution is -0.0247. The monoisotopic (exact) mass is 669 g/mol. The van der Waals surface area contributed by atoms with Crippen LogP contribution in [0.15, 0.2) is 48.5 Å². The van der Waals surface area contributed by atoms with E-state index in [2.05, 4.69) is 26.0 Å². The van der Waals surface area contributed by atoms with Gasteiger partial charge in [0.05, 0.1) is 17.7 Å². The van der Waals surface area contributed by atoms with Gasteiger partial charge in [-0.15, -0.1) is 0 Å². The number of unbranched alkanes of at least 4 members (excludes halogenated alkanes) is 10. The van der Waals surface area contributed by atoms with Crippen LogP contribution in [-0.4, -0.2) is 43.2 Å². The maximum Gasteiger partial charge on any atom is 0.197 e. The minimum Gasteiger partial charge on any atom is -0.507 e. The number of nitrogens with zero attached hydrogens (tertiary/aromatic N) is 3. The van der Waals surface area contributed by atoms with E-state index in [1.807, 2.05) is 26.8 Å². The molecule has 1 atom stereocenters. The number of aromatic hydroxyl groups is 2. The molecule has 0 saturated carbocycles. The first kappa shape index (κ1) is 37.6. The summed E-state index contributed by atoms with van der Waals surface area (Å²) in [6, 6.07) is 14.2. The lowest BCUT2D eigenvalue weighted by Crippen LogP contribution is -2.15. The number of aromatic nitrogens is 3. The van der Waals surface area contributed by atoms with Crippen molar-refractivity contribution in [3.05, 3.63) is 65.2 Å². The summed E-state index contributed by atoms with van der Waals surface area (Å²) in [6.45, 7) is 11.1. The average Bonchev–Trinajstić information content (AvgIpc) is 3.05. The van der Waals surface area contributed by atoms with Gasteiger partial charge in [-0.05, 0) is 69.0 Å². The minimum absolute atomic E-state index is 0.00930. The van der Waals surface area contributed by atoms with Crippen LogP contribution >= 0.6 is 0 Å². The third-order valence-electron chi connectivity index (χ3n) is 8.80. The molecule has 8 nitrogen and oxygen atoms in total. The van der Waals surface area contributed by atoms with Crippen molar-refractivity contribution in [1.82, 2.24) is 15.0 Å². The van der Waals surface area contributed by atoms with Crippen molar-refractivity contribution in [3.8, 4) is 57.2 Å². The molecule has 0 aliphatic heterocycles. The molecule has 1 aromatic heterocycles. The van der Waals surface area contributed by atoms with Gasteiger partial charge in [0.1, 0.15) is 23.0 Å². The van der Waals surface area contributed by atoms with E-state index in [-0.39, 0.29) is 23.1 Å². The molecule has 8 heteroatoms. The molecule has 3 N–H and O–H groups in total. The molecule has 1 unspecified atom stereocenters. The number of hydrogen-bond acceptors (Lipinski definition) is 8. The fourth-order valence-corrected chi connectivity index (χ4v) is 6.21. The molecular weight excluding hydrogens is 614 g/mol. The van der Waals surface area contributed by atoms with E-state index in [9.17, 15) is 15.3 Å². The Balaban J connectivity index is 1.56. The van der Waals surface area contributed by atoms with Crippen LogP contribution in [0.2, 0.25) is 0 Å². The highest BCUT2D eigenvalue weighted by atomic mass is 16.6. The molecule has 0 saturated heterocycles. The summed E-state index contributed by atoms with van der Waals surface area (Å²) in [5.41, 5.74) is 4.82. The van der Waals surface area contributed by atoms with Gasteiger partial charge >= 0.3 is 0 Å². The van der Waals surface area contributed by atoms with Gasteiger partial charge in [-0.2, -0.15) is 0 Å². The quantitative estimate of drug-likeness (QED) is 0.0628. The van der Waals surface area contributed by atoms with Crippen molar-refractivity contribution in [1.29, 1.82) is 0 Å². The summed E-state index contributed by atoms with van der Waals surface area (Å²) < 4.78 is 11.6. The van der Waals surface area contributed by atoms with Crippen LogP contribution in [0.3, 0.4) is 0 Å². The summed E-state index contributed by atoms with van der Waals surface area (Å²) in [5, 5.41) is 32.8. The van der Waals surface area contributed by atoms with Crippen molar-refractivity contribution in [2.45, 2.75) is 124 Å². The molecule has 0 fully saturated rings. The van der Waals surface area contributed by atoms with Gasteiger partial charge in [0, 0.05) is 24.1 Å². The molecule has 0 aliphatic carbocycles. The molecule has 49 heavy (non-hydrogen) atoms. The van der Waals surface area contributed by atoms with Crippen LogP contribution in [0.4, 0.5) is 0 Å². The standard InChI is InChI=1S/C41H55N3O5/c1-6-8-10-12-13-14-15-16-18-37(47)49-32-20-22-34(36(46)27-32)40-42-39(43-41(44-40)38-29(4)24-28(3)25-30(38)5)33-21-19-31(26-35(33)45)48-23-17-11-9-7-2/h19-22,24-27,37,45-47H,6-18,23H2,1-5H3. The zero-order chi connectivity index (χ0) is 35.2. The third kappa shape index (κ3) is 11.2. The van der Waals surface area contributed by atoms with Gasteiger partial charge in [0.2, 0.25) is 0 Å². The first-order valence-corrected chi connectivity index (χ1v) is 18.2. The summed E-state index contributed by atoms with van der Waals surface area (Å²) >= 11 is 0. The molecule has 0 radical (unpaired) electrons. The summed E-state index contributed by atoms with van der Waals surface area (Å²) in [7, 11) is 0. The Kier molecular flexibility index (Phi) is 14.7. The Morgan fingerprint density at radius 3 is 1.65 bits per heavy atom. The molecule has 4 aromatic rings. The van der Waals surface area contributed by atoms with Crippen LogP contribution in [0.1, 0.15) is 114 Å². The van der Waals surface area contributed by atoms with Gasteiger partial charge in [0.25, 0.3) is 0 Å². The third-order valence-corrected chi connectivity index (χ3v) is 8.80. The van der Waals surface area contributed by atoms with E-state index >= 15 is 0 Å². The van der Waals surface area contributed by atoms with Crippen LogP contribution in [0, 0.1) is 20.8 Å². The molecule has 0 aliphatic rings. The van der Waals surface area contributed by atoms with E-state index in [1.54, 1.807) is 24.3 Å². The zero-order valence-electron chi connectivity index (χ0n) is 30.1. The summed E-state index contributed by atoms with van der Waals surface area (Å²) in [4.78, 5) is 14.4. The molecule has 1 heterocycles. The highest BCUT2D eigenvalue weighted by Crippen LogP contribution is 2.37. The molecular formula is C41H55N3O5. The Hall–Kier alpha value is -4.17. The molecule has 0 spiro atoms. The number of ether oxygens (including phenoxy) is 2. The smallest absolute Gasteiger partial charge is 0.197 e. The number of rotatable bonds is 20. The van der Waals surface area contributed by atoms with Crippen LogP contribution in [-0.2, 0) is 0 Å². The van der Waals surface area contributed by atoms with Crippen molar-refractivity contribution < 1.29 is 24.8 Å². The Morgan fingerprint density at radius 1 is 0.592 bits per heavy atom. The number of aliphatic hydroxyl groups excluding tert-OH is 1. The van der Waals surface area contributed by atoms with Gasteiger partial charge in [-0.1, -0.05) is 95.8 Å². The second-order valence-electron chi connectivity index (χ2n) is 13.2. The lowest BCUT2D eigenvalue weighted by atomic mass is 9.99. The topological polar surface area (TPSA) is 118 Å². The number of phenols is 2. The maximum atomic E-state index is 11.2. The van der Waals surface area contributed by atoms with Crippen molar-refractivity contribution in [2.24, 2.45) is 0 Å². The largest absolute Gasteiger partial charge is 0.507 e. The van der Waals surface area contributed by atoms with E-state index in [4.69, 9.17) is 24.4 Å². The van der Waals surface area contributed by atoms with Gasteiger partial charge in [0.15, 0.2) is 23.8 Å². The normalized spacial score (nSPS) is 11.9. The van der Waals surface area contributed by atoms with Crippen molar-refractivity contribution in [3.63, 3.8) is 0 Å². The highest BCUT2D eigenvalue weighted by molar-refractivity contribution is 5.74. The number of benzene rings is 3. The number of aryl methyl sites for hydroxylation is 3. The molecule has 0 bridgehead atoms. The number of phenolic OH excluding ortho intramolecular Hbond substituents is 2. The second-order valence-corrected chi connectivity index (χ2v) is 13.2. The zero-order valence-corrected chi connectivity index (χ0v) is 30.1. The Bertz CT molecular complexity index is 1620. The van der Waals surface area contributed by atoms with Gasteiger partial charge in [-0.25, -0.2) is 15.0 Å². The van der Waals surface area contributed by atoms with E-state index < -0.39 is 6.29 Å². The van der Waals surface area contributed by atoms with Crippen LogP contribution in [0.25, 0.3) is 34.2 Å². The average molecular weight is 670 g/mol. The fourth-order valence-electron chi connectivity index (χ4n) is 6.21. The molecule has 3 aromatic carbocycles.